The van der Waals surface area contributed by atoms with Crippen LogP contribution in [-0.2, 0) is 4.79 Å². The molecule has 0 bridgehead atoms. The highest BCUT2D eigenvalue weighted by molar-refractivity contribution is 7.80. The van der Waals surface area contributed by atoms with Gasteiger partial charge in [0.25, 0.3) is 0 Å². The first-order chi connectivity index (χ1) is 10.4. The summed E-state index contributed by atoms with van der Waals surface area (Å²) in [4.78, 5) is 14.4. The number of thiocarbonyl (C=S) groups is 1. The number of hydrogen-bond acceptors (Lipinski definition) is 3. The van der Waals surface area contributed by atoms with Crippen molar-refractivity contribution >= 4 is 34.6 Å². The minimum Gasteiger partial charge on any atom is -0.370 e. The molecule has 1 amide bonds. The minimum absolute atomic E-state index is 0.0829. The van der Waals surface area contributed by atoms with Gasteiger partial charge in [-0.3, -0.25) is 4.79 Å². The van der Waals surface area contributed by atoms with E-state index in [2.05, 4.69) is 21.6 Å². The fourth-order valence-corrected chi connectivity index (χ4v) is 2.64. The topological polar surface area (TPSA) is 44.4 Å². The van der Waals surface area contributed by atoms with E-state index >= 15 is 0 Å². The average molecular weight is 319 g/mol. The number of piperidine rings is 1. The molecule has 0 atom stereocenters. The van der Waals surface area contributed by atoms with Gasteiger partial charge in [0.2, 0.25) is 5.91 Å². The Bertz CT molecular complexity index is 545. The van der Waals surface area contributed by atoms with Gasteiger partial charge in [-0.2, -0.15) is 0 Å². The number of anilines is 2. The van der Waals surface area contributed by atoms with Crippen molar-refractivity contribution in [3.05, 3.63) is 24.3 Å². The van der Waals surface area contributed by atoms with Gasteiger partial charge in [0.15, 0.2) is 5.11 Å². The SMILES string of the molecule is CC(C)(C)C(=O)NC(=S)Nc1ccccc1N1CCCCC1. The van der Waals surface area contributed by atoms with Crippen LogP contribution < -0.4 is 15.5 Å². The highest BCUT2D eigenvalue weighted by atomic mass is 32.1. The maximum Gasteiger partial charge on any atom is 0.231 e. The van der Waals surface area contributed by atoms with Crippen molar-refractivity contribution in [3.8, 4) is 0 Å². The molecule has 0 unspecified atom stereocenters. The van der Waals surface area contributed by atoms with Crippen LogP contribution in [0.3, 0.4) is 0 Å². The Hall–Kier alpha value is -1.62. The smallest absolute Gasteiger partial charge is 0.231 e. The molecular formula is C17H25N3OS. The van der Waals surface area contributed by atoms with Crippen LogP contribution >= 0.6 is 12.2 Å². The van der Waals surface area contributed by atoms with Gasteiger partial charge >= 0.3 is 0 Å². The van der Waals surface area contributed by atoms with E-state index in [1.165, 1.54) is 19.3 Å². The molecule has 2 rings (SSSR count). The van der Waals surface area contributed by atoms with Crippen LogP contribution in [0.5, 0.6) is 0 Å². The Kier molecular flexibility index (Phi) is 5.40. The summed E-state index contributed by atoms with van der Waals surface area (Å²) in [5.74, 6) is -0.0829. The molecule has 0 aliphatic carbocycles. The lowest BCUT2D eigenvalue weighted by Gasteiger charge is -2.30. The monoisotopic (exact) mass is 319 g/mol. The van der Waals surface area contributed by atoms with Crippen molar-refractivity contribution in [2.24, 2.45) is 5.41 Å². The van der Waals surface area contributed by atoms with Gasteiger partial charge < -0.3 is 15.5 Å². The molecule has 22 heavy (non-hydrogen) atoms. The molecule has 120 valence electrons. The molecule has 1 aromatic carbocycles. The number of nitrogens with one attached hydrogen (secondary N) is 2. The fourth-order valence-electron chi connectivity index (χ4n) is 2.43. The quantitative estimate of drug-likeness (QED) is 0.819. The lowest BCUT2D eigenvalue weighted by atomic mass is 9.96. The van der Waals surface area contributed by atoms with Crippen LogP contribution in [0.15, 0.2) is 24.3 Å². The number of carbonyl (C=O) groups excluding carboxylic acids is 1. The fraction of sp³-hybridized carbons (Fsp3) is 0.529. The summed E-state index contributed by atoms with van der Waals surface area (Å²) in [6.07, 6.45) is 3.74. The van der Waals surface area contributed by atoms with Gasteiger partial charge in [0.05, 0.1) is 11.4 Å². The van der Waals surface area contributed by atoms with Crippen molar-refractivity contribution < 1.29 is 4.79 Å². The lowest BCUT2D eigenvalue weighted by molar-refractivity contribution is -0.126. The molecule has 1 aliphatic rings. The van der Waals surface area contributed by atoms with Gasteiger partial charge in [0, 0.05) is 18.5 Å². The molecular weight excluding hydrogens is 294 g/mol. The second-order valence-electron chi connectivity index (χ2n) is 6.72. The van der Waals surface area contributed by atoms with E-state index in [-0.39, 0.29) is 5.91 Å². The van der Waals surface area contributed by atoms with Crippen LogP contribution in [0, 0.1) is 5.41 Å². The maximum atomic E-state index is 12.0. The van der Waals surface area contributed by atoms with Gasteiger partial charge in [-0.1, -0.05) is 32.9 Å². The van der Waals surface area contributed by atoms with Crippen LogP contribution in [-0.4, -0.2) is 24.1 Å². The maximum absolute atomic E-state index is 12.0. The Morgan fingerprint density at radius 1 is 1.14 bits per heavy atom. The summed E-state index contributed by atoms with van der Waals surface area (Å²) in [6.45, 7) is 7.74. The van der Waals surface area contributed by atoms with Gasteiger partial charge in [-0.25, -0.2) is 0 Å². The Morgan fingerprint density at radius 2 is 1.77 bits per heavy atom. The van der Waals surface area contributed by atoms with Gasteiger partial charge in [0.1, 0.15) is 0 Å². The zero-order valence-corrected chi connectivity index (χ0v) is 14.4. The van der Waals surface area contributed by atoms with Crippen LogP contribution in [0.2, 0.25) is 0 Å². The third-order valence-electron chi connectivity index (χ3n) is 3.76. The van der Waals surface area contributed by atoms with E-state index in [0.29, 0.717) is 5.11 Å². The first-order valence-electron chi connectivity index (χ1n) is 7.84. The summed E-state index contributed by atoms with van der Waals surface area (Å²) in [5.41, 5.74) is 1.64. The Morgan fingerprint density at radius 3 is 2.41 bits per heavy atom. The second kappa shape index (κ2) is 7.09. The highest BCUT2D eigenvalue weighted by Gasteiger charge is 2.22. The molecule has 1 saturated heterocycles. The molecule has 1 fully saturated rings. The van der Waals surface area contributed by atoms with E-state index in [4.69, 9.17) is 12.2 Å². The van der Waals surface area contributed by atoms with Gasteiger partial charge in [-0.15, -0.1) is 0 Å². The second-order valence-corrected chi connectivity index (χ2v) is 7.13. The number of hydrogen-bond donors (Lipinski definition) is 2. The average Bonchev–Trinajstić information content (AvgIpc) is 2.47. The molecule has 4 nitrogen and oxygen atoms in total. The van der Waals surface area contributed by atoms with E-state index in [0.717, 1.165) is 24.5 Å². The highest BCUT2D eigenvalue weighted by Crippen LogP contribution is 2.28. The number of carbonyl (C=O) groups is 1. The predicted molar refractivity (Wildman–Crippen MR) is 96.3 cm³/mol. The Labute approximate surface area is 138 Å². The van der Waals surface area contributed by atoms with E-state index in [1.54, 1.807) is 0 Å². The first kappa shape index (κ1) is 16.7. The lowest BCUT2D eigenvalue weighted by Crippen LogP contribution is -2.41. The zero-order valence-electron chi connectivity index (χ0n) is 13.6. The molecule has 0 aromatic heterocycles. The van der Waals surface area contributed by atoms with Crippen molar-refractivity contribution in [2.75, 3.05) is 23.3 Å². The van der Waals surface area contributed by atoms with Gasteiger partial charge in [-0.05, 0) is 43.6 Å². The summed E-state index contributed by atoms with van der Waals surface area (Å²) in [6, 6.07) is 8.11. The number of rotatable bonds is 2. The predicted octanol–water partition coefficient (Wildman–Crippen LogP) is 3.54. The minimum atomic E-state index is -0.460. The summed E-state index contributed by atoms with van der Waals surface area (Å²) in [7, 11) is 0. The van der Waals surface area contributed by atoms with Crippen LogP contribution in [0.1, 0.15) is 40.0 Å². The zero-order chi connectivity index (χ0) is 16.2. The number of para-hydroxylation sites is 2. The number of benzene rings is 1. The summed E-state index contributed by atoms with van der Waals surface area (Å²) >= 11 is 5.28. The third-order valence-corrected chi connectivity index (χ3v) is 3.96. The van der Waals surface area contributed by atoms with Crippen molar-refractivity contribution in [2.45, 2.75) is 40.0 Å². The van der Waals surface area contributed by atoms with Crippen molar-refractivity contribution in [3.63, 3.8) is 0 Å². The molecule has 1 aromatic rings. The van der Waals surface area contributed by atoms with Crippen LogP contribution in [0.4, 0.5) is 11.4 Å². The first-order valence-corrected chi connectivity index (χ1v) is 8.25. The Balaban J connectivity index is 2.06. The van der Waals surface area contributed by atoms with E-state index in [9.17, 15) is 4.79 Å². The summed E-state index contributed by atoms with van der Waals surface area (Å²) in [5, 5.41) is 6.28. The van der Waals surface area contributed by atoms with Crippen LogP contribution in [0.25, 0.3) is 0 Å². The summed E-state index contributed by atoms with van der Waals surface area (Å²) < 4.78 is 0. The molecule has 0 radical (unpaired) electrons. The standard InChI is InChI=1S/C17H25N3OS/c1-17(2,3)15(21)19-16(22)18-13-9-5-6-10-14(13)20-11-7-4-8-12-20/h5-6,9-10H,4,7-8,11-12H2,1-3H3,(H2,18,19,21,22). The normalized spacial score (nSPS) is 15.3. The molecule has 1 aliphatic heterocycles. The molecule has 0 spiro atoms. The molecule has 1 heterocycles. The van der Waals surface area contributed by atoms with Crippen molar-refractivity contribution in [1.82, 2.24) is 5.32 Å². The number of amides is 1. The molecule has 0 saturated carbocycles. The molecule has 2 N–H and O–H groups in total. The van der Waals surface area contributed by atoms with Crippen molar-refractivity contribution in [1.29, 1.82) is 0 Å². The molecule has 5 heteroatoms. The third kappa shape index (κ3) is 4.44. The van der Waals surface area contributed by atoms with E-state index < -0.39 is 5.41 Å². The van der Waals surface area contributed by atoms with E-state index in [1.807, 2.05) is 39.0 Å². The number of nitrogens with zero attached hydrogens (tertiary/aromatic N) is 1. The largest absolute Gasteiger partial charge is 0.370 e.